The van der Waals surface area contributed by atoms with Gasteiger partial charge in [0, 0.05) is 18.0 Å². The molecule has 0 atom stereocenters. The second kappa shape index (κ2) is 11.0. The molecule has 178 valence electrons. The Balaban J connectivity index is 1.74. The van der Waals surface area contributed by atoms with E-state index in [0.717, 1.165) is 34.3 Å². The summed E-state index contributed by atoms with van der Waals surface area (Å²) in [6, 6.07) is 10.5. The zero-order valence-corrected chi connectivity index (χ0v) is 21.9. The number of hydrogen-bond acceptors (Lipinski definition) is 6. The van der Waals surface area contributed by atoms with Gasteiger partial charge in [-0.25, -0.2) is 13.4 Å². The standard InChI is InChI=1S/C24H30ClN3O3S2/c1-17-8-10-20(11-9-17)33(30,31)14-5-7-22(29)28(13-6-12-27(3)4)24-26-23-18(2)15-19(25)16-21(23)32-24/h8-11,15-16H,5-7,12-14H2,1-4H3. The third kappa shape index (κ3) is 6.76. The summed E-state index contributed by atoms with van der Waals surface area (Å²) >= 11 is 7.64. The van der Waals surface area contributed by atoms with Crippen LogP contribution < -0.4 is 4.90 Å². The van der Waals surface area contributed by atoms with Crippen molar-refractivity contribution in [3.05, 3.63) is 52.5 Å². The smallest absolute Gasteiger partial charge is 0.228 e. The number of anilines is 1. The number of carbonyl (C=O) groups excluding carboxylic acids is 1. The van der Waals surface area contributed by atoms with E-state index in [1.807, 2.05) is 40.1 Å². The average molecular weight is 508 g/mol. The molecule has 9 heteroatoms. The maximum absolute atomic E-state index is 13.2. The Morgan fingerprint density at radius 2 is 1.76 bits per heavy atom. The van der Waals surface area contributed by atoms with E-state index in [0.29, 0.717) is 21.6 Å². The summed E-state index contributed by atoms with van der Waals surface area (Å²) in [6.07, 6.45) is 1.19. The maximum Gasteiger partial charge on any atom is 0.228 e. The molecular weight excluding hydrogens is 478 g/mol. The number of sulfone groups is 1. The number of aryl methyl sites for hydroxylation is 2. The van der Waals surface area contributed by atoms with Crippen LogP contribution in [-0.4, -0.2) is 57.1 Å². The van der Waals surface area contributed by atoms with Crippen LogP contribution in [0.15, 0.2) is 41.3 Å². The molecule has 1 heterocycles. The number of nitrogens with zero attached hydrogens (tertiary/aromatic N) is 3. The Kier molecular flexibility index (Phi) is 8.50. The van der Waals surface area contributed by atoms with Gasteiger partial charge in [0.15, 0.2) is 15.0 Å². The minimum absolute atomic E-state index is 0.0676. The quantitative estimate of drug-likeness (QED) is 0.381. The van der Waals surface area contributed by atoms with Gasteiger partial charge < -0.3 is 4.90 Å². The molecular formula is C24H30ClN3O3S2. The fourth-order valence-corrected chi connectivity index (χ4v) is 6.32. The van der Waals surface area contributed by atoms with Crippen molar-refractivity contribution in [3.8, 4) is 0 Å². The van der Waals surface area contributed by atoms with E-state index in [2.05, 4.69) is 4.90 Å². The fraction of sp³-hybridized carbons (Fsp3) is 0.417. The fourth-order valence-electron chi connectivity index (χ4n) is 3.54. The van der Waals surface area contributed by atoms with Crippen LogP contribution in [-0.2, 0) is 14.6 Å². The van der Waals surface area contributed by atoms with Gasteiger partial charge in [0.1, 0.15) is 0 Å². The minimum Gasteiger partial charge on any atom is -0.309 e. The summed E-state index contributed by atoms with van der Waals surface area (Å²) in [5, 5.41) is 1.27. The number of carbonyl (C=O) groups is 1. The zero-order valence-electron chi connectivity index (χ0n) is 19.5. The molecule has 0 aliphatic carbocycles. The largest absolute Gasteiger partial charge is 0.309 e. The normalized spacial score (nSPS) is 11.9. The highest BCUT2D eigenvalue weighted by atomic mass is 35.5. The van der Waals surface area contributed by atoms with Crippen molar-refractivity contribution in [1.82, 2.24) is 9.88 Å². The summed E-state index contributed by atoms with van der Waals surface area (Å²) in [6.45, 7) is 5.22. The molecule has 0 aliphatic heterocycles. The lowest BCUT2D eigenvalue weighted by atomic mass is 10.2. The topological polar surface area (TPSA) is 70.6 Å². The lowest BCUT2D eigenvalue weighted by Crippen LogP contribution is -2.33. The highest BCUT2D eigenvalue weighted by Gasteiger charge is 2.22. The van der Waals surface area contributed by atoms with E-state index in [9.17, 15) is 13.2 Å². The third-order valence-corrected chi connectivity index (χ3v) is 8.40. The summed E-state index contributed by atoms with van der Waals surface area (Å²) < 4.78 is 26.2. The summed E-state index contributed by atoms with van der Waals surface area (Å²) in [5.41, 5.74) is 2.81. The monoisotopic (exact) mass is 507 g/mol. The van der Waals surface area contributed by atoms with Crippen LogP contribution in [0.5, 0.6) is 0 Å². The molecule has 3 rings (SSSR count). The van der Waals surface area contributed by atoms with Gasteiger partial charge in [-0.3, -0.25) is 9.69 Å². The molecule has 0 saturated carbocycles. The van der Waals surface area contributed by atoms with Crippen LogP contribution >= 0.6 is 22.9 Å². The van der Waals surface area contributed by atoms with Gasteiger partial charge in [-0.1, -0.05) is 40.6 Å². The predicted octanol–water partition coefficient (Wildman–Crippen LogP) is 5.11. The van der Waals surface area contributed by atoms with E-state index < -0.39 is 9.84 Å². The van der Waals surface area contributed by atoms with Crippen LogP contribution in [0.2, 0.25) is 5.02 Å². The Morgan fingerprint density at radius 1 is 1.06 bits per heavy atom. The number of hydrogen-bond donors (Lipinski definition) is 0. The number of fused-ring (bicyclic) bond motifs is 1. The van der Waals surface area contributed by atoms with Crippen LogP contribution in [0, 0.1) is 13.8 Å². The zero-order chi connectivity index (χ0) is 24.2. The number of benzene rings is 2. The summed E-state index contributed by atoms with van der Waals surface area (Å²) in [4.78, 5) is 21.9. The Hall–Kier alpha value is -2.00. The van der Waals surface area contributed by atoms with Gasteiger partial charge in [-0.05, 0) is 77.2 Å². The first kappa shape index (κ1) is 25.6. The van der Waals surface area contributed by atoms with E-state index in [4.69, 9.17) is 16.6 Å². The van der Waals surface area contributed by atoms with Gasteiger partial charge >= 0.3 is 0 Å². The Bertz CT molecular complexity index is 1220. The highest BCUT2D eigenvalue weighted by Crippen LogP contribution is 2.33. The van der Waals surface area contributed by atoms with E-state index in [1.54, 1.807) is 29.2 Å². The molecule has 0 bridgehead atoms. The first-order valence-electron chi connectivity index (χ1n) is 10.9. The molecule has 3 aromatic rings. The molecule has 0 radical (unpaired) electrons. The van der Waals surface area contributed by atoms with Gasteiger partial charge in [0.25, 0.3) is 0 Å². The van der Waals surface area contributed by atoms with E-state index in [1.165, 1.54) is 11.3 Å². The van der Waals surface area contributed by atoms with Gasteiger partial charge in [-0.15, -0.1) is 0 Å². The van der Waals surface area contributed by atoms with Crippen LogP contribution in [0.4, 0.5) is 5.13 Å². The SMILES string of the molecule is Cc1ccc(S(=O)(=O)CCCC(=O)N(CCCN(C)C)c2nc3c(C)cc(Cl)cc3s2)cc1. The summed E-state index contributed by atoms with van der Waals surface area (Å²) in [7, 11) is 0.555. The van der Waals surface area contributed by atoms with Crippen molar-refractivity contribution in [2.24, 2.45) is 0 Å². The minimum atomic E-state index is -3.43. The first-order chi connectivity index (χ1) is 15.6. The number of amides is 1. The van der Waals surface area contributed by atoms with Crippen LogP contribution in [0.3, 0.4) is 0 Å². The van der Waals surface area contributed by atoms with Crippen molar-refractivity contribution in [2.75, 3.05) is 37.8 Å². The van der Waals surface area contributed by atoms with Gasteiger partial charge in [0.05, 0.1) is 20.9 Å². The lowest BCUT2D eigenvalue weighted by molar-refractivity contribution is -0.118. The number of rotatable bonds is 10. The molecule has 0 saturated heterocycles. The molecule has 0 aliphatic rings. The van der Waals surface area contributed by atoms with E-state index >= 15 is 0 Å². The molecule has 6 nitrogen and oxygen atoms in total. The first-order valence-corrected chi connectivity index (χ1v) is 13.7. The van der Waals surface area contributed by atoms with Crippen molar-refractivity contribution < 1.29 is 13.2 Å². The number of thiazole rings is 1. The van der Waals surface area contributed by atoms with Crippen LogP contribution in [0.1, 0.15) is 30.4 Å². The average Bonchev–Trinajstić information content (AvgIpc) is 3.15. The maximum atomic E-state index is 13.2. The second-order valence-electron chi connectivity index (χ2n) is 8.50. The molecule has 1 aromatic heterocycles. The molecule has 0 spiro atoms. The summed E-state index contributed by atoms with van der Waals surface area (Å²) in [5.74, 6) is -0.183. The van der Waals surface area contributed by atoms with Crippen molar-refractivity contribution in [1.29, 1.82) is 0 Å². The van der Waals surface area contributed by atoms with Crippen molar-refractivity contribution in [3.63, 3.8) is 0 Å². The van der Waals surface area contributed by atoms with Crippen molar-refractivity contribution >= 4 is 54.0 Å². The van der Waals surface area contributed by atoms with E-state index in [-0.39, 0.29) is 24.5 Å². The highest BCUT2D eigenvalue weighted by molar-refractivity contribution is 7.91. The lowest BCUT2D eigenvalue weighted by Gasteiger charge is -2.21. The van der Waals surface area contributed by atoms with Gasteiger partial charge in [-0.2, -0.15) is 0 Å². The number of aromatic nitrogens is 1. The molecule has 0 unspecified atom stereocenters. The predicted molar refractivity (Wildman–Crippen MR) is 137 cm³/mol. The number of halogens is 1. The third-order valence-electron chi connectivity index (χ3n) is 5.34. The Labute approximate surface area is 205 Å². The molecule has 0 N–H and O–H groups in total. The molecule has 1 amide bonds. The molecule has 0 fully saturated rings. The Morgan fingerprint density at radius 3 is 2.42 bits per heavy atom. The van der Waals surface area contributed by atoms with Crippen molar-refractivity contribution in [2.45, 2.75) is 38.0 Å². The second-order valence-corrected chi connectivity index (χ2v) is 12.1. The van der Waals surface area contributed by atoms with Crippen LogP contribution in [0.25, 0.3) is 10.2 Å². The molecule has 33 heavy (non-hydrogen) atoms. The van der Waals surface area contributed by atoms with Gasteiger partial charge in [0.2, 0.25) is 5.91 Å². The molecule has 2 aromatic carbocycles.